The normalized spacial score (nSPS) is 10.8. The first-order chi connectivity index (χ1) is 13.5. The van der Waals surface area contributed by atoms with Crippen LogP contribution in [-0.4, -0.2) is 25.1 Å². The molecule has 142 valence electrons. The molecule has 0 saturated heterocycles. The lowest BCUT2D eigenvalue weighted by atomic mass is 10.0. The molecule has 0 aromatic heterocycles. The van der Waals surface area contributed by atoms with Crippen molar-refractivity contribution in [2.75, 3.05) is 12.4 Å². The average Bonchev–Trinajstić information content (AvgIpc) is 2.70. The van der Waals surface area contributed by atoms with Crippen LogP contribution in [0, 0.1) is 6.92 Å². The van der Waals surface area contributed by atoms with Crippen molar-refractivity contribution in [1.29, 1.82) is 0 Å². The molecular formula is C21H18ClN3O3. The van der Waals surface area contributed by atoms with E-state index in [0.29, 0.717) is 22.0 Å². The fraction of sp³-hybridized carbons (Fsp3) is 0.0952. The number of carbonyl (C=O) groups excluding carboxylic acids is 2. The molecule has 0 bridgehead atoms. The third-order valence-corrected chi connectivity index (χ3v) is 4.55. The molecule has 3 aromatic rings. The molecule has 0 spiro atoms. The van der Waals surface area contributed by atoms with Crippen LogP contribution in [0.25, 0.3) is 10.8 Å². The lowest BCUT2D eigenvalue weighted by molar-refractivity contribution is -0.136. The number of hydrazone groups is 1. The zero-order valence-electron chi connectivity index (χ0n) is 15.3. The van der Waals surface area contributed by atoms with Crippen LogP contribution in [0.1, 0.15) is 11.1 Å². The Labute approximate surface area is 167 Å². The van der Waals surface area contributed by atoms with Crippen molar-refractivity contribution in [2.45, 2.75) is 6.92 Å². The van der Waals surface area contributed by atoms with E-state index < -0.39 is 11.8 Å². The van der Waals surface area contributed by atoms with E-state index in [1.54, 1.807) is 25.3 Å². The van der Waals surface area contributed by atoms with Gasteiger partial charge in [0, 0.05) is 16.3 Å². The second kappa shape index (κ2) is 8.54. The van der Waals surface area contributed by atoms with E-state index in [9.17, 15) is 9.59 Å². The first-order valence-corrected chi connectivity index (χ1v) is 8.83. The minimum Gasteiger partial charge on any atom is -0.496 e. The summed E-state index contributed by atoms with van der Waals surface area (Å²) in [6.07, 6.45) is 1.45. The van der Waals surface area contributed by atoms with Gasteiger partial charge in [-0.2, -0.15) is 5.10 Å². The maximum Gasteiger partial charge on any atom is 0.329 e. The summed E-state index contributed by atoms with van der Waals surface area (Å²) >= 11 is 6.02. The Morgan fingerprint density at radius 1 is 1.07 bits per heavy atom. The first kappa shape index (κ1) is 19.4. The molecule has 2 N–H and O–H groups in total. The summed E-state index contributed by atoms with van der Waals surface area (Å²) in [5.74, 6) is -1.13. The fourth-order valence-corrected chi connectivity index (χ4v) is 2.83. The highest BCUT2D eigenvalue weighted by atomic mass is 35.5. The maximum absolute atomic E-state index is 12.0. The summed E-state index contributed by atoms with van der Waals surface area (Å²) in [7, 11) is 1.56. The number of aryl methyl sites for hydroxylation is 1. The molecule has 0 aliphatic rings. The minimum atomic E-state index is -0.896. The highest BCUT2D eigenvalue weighted by Crippen LogP contribution is 2.26. The topological polar surface area (TPSA) is 79.8 Å². The van der Waals surface area contributed by atoms with Crippen LogP contribution in [0.4, 0.5) is 5.69 Å². The van der Waals surface area contributed by atoms with Crippen LogP contribution in [0.15, 0.2) is 59.7 Å². The van der Waals surface area contributed by atoms with Crippen LogP contribution < -0.4 is 15.5 Å². The highest BCUT2D eigenvalue weighted by molar-refractivity contribution is 6.40. The number of benzene rings is 3. The minimum absolute atomic E-state index is 0.426. The van der Waals surface area contributed by atoms with Gasteiger partial charge < -0.3 is 10.1 Å². The Bertz CT molecular complexity index is 1080. The summed E-state index contributed by atoms with van der Waals surface area (Å²) in [5, 5.41) is 8.80. The predicted molar refractivity (Wildman–Crippen MR) is 111 cm³/mol. The van der Waals surface area contributed by atoms with Gasteiger partial charge in [-0.25, -0.2) is 5.43 Å². The number of anilines is 1. The van der Waals surface area contributed by atoms with Gasteiger partial charge >= 0.3 is 11.8 Å². The van der Waals surface area contributed by atoms with Crippen molar-refractivity contribution in [3.8, 4) is 5.75 Å². The zero-order valence-corrected chi connectivity index (χ0v) is 16.1. The summed E-state index contributed by atoms with van der Waals surface area (Å²) in [4.78, 5) is 24.0. The van der Waals surface area contributed by atoms with Crippen molar-refractivity contribution in [2.24, 2.45) is 5.10 Å². The van der Waals surface area contributed by atoms with E-state index in [4.69, 9.17) is 16.3 Å². The van der Waals surface area contributed by atoms with Crippen LogP contribution in [0.2, 0.25) is 5.02 Å². The Morgan fingerprint density at radius 3 is 2.61 bits per heavy atom. The first-order valence-electron chi connectivity index (χ1n) is 8.46. The molecule has 0 fully saturated rings. The van der Waals surface area contributed by atoms with Gasteiger partial charge in [0.05, 0.1) is 13.3 Å². The molecule has 2 amide bonds. The highest BCUT2D eigenvalue weighted by Gasteiger charge is 2.13. The predicted octanol–water partition coefficient (Wildman–Crippen LogP) is 3.90. The summed E-state index contributed by atoms with van der Waals surface area (Å²) in [6, 6.07) is 16.5. The number of rotatable bonds is 4. The second-order valence-electron chi connectivity index (χ2n) is 6.02. The number of nitrogens with zero attached hydrogens (tertiary/aromatic N) is 1. The van der Waals surface area contributed by atoms with Crippen molar-refractivity contribution in [3.63, 3.8) is 0 Å². The third-order valence-electron chi connectivity index (χ3n) is 4.15. The Hall–Kier alpha value is -3.38. The Morgan fingerprint density at radius 2 is 1.86 bits per heavy atom. The zero-order chi connectivity index (χ0) is 20.1. The number of hydrogen-bond acceptors (Lipinski definition) is 4. The molecule has 3 rings (SSSR count). The average molecular weight is 396 g/mol. The molecule has 28 heavy (non-hydrogen) atoms. The van der Waals surface area contributed by atoms with Crippen LogP contribution in [0.3, 0.4) is 0 Å². The number of ether oxygens (including phenoxy) is 1. The Balaban J connectivity index is 1.72. The van der Waals surface area contributed by atoms with Gasteiger partial charge in [0.15, 0.2) is 0 Å². The van der Waals surface area contributed by atoms with Gasteiger partial charge in [-0.15, -0.1) is 0 Å². The molecule has 0 aliphatic heterocycles. The molecule has 0 heterocycles. The molecule has 0 radical (unpaired) electrons. The monoisotopic (exact) mass is 395 g/mol. The van der Waals surface area contributed by atoms with E-state index >= 15 is 0 Å². The number of hydrogen-bond donors (Lipinski definition) is 2. The largest absolute Gasteiger partial charge is 0.496 e. The number of nitrogens with one attached hydrogen (secondary N) is 2. The summed E-state index contributed by atoms with van der Waals surface area (Å²) < 4.78 is 5.36. The van der Waals surface area contributed by atoms with Gasteiger partial charge in [0.2, 0.25) is 0 Å². The molecule has 6 nitrogen and oxygen atoms in total. The number of halogens is 1. The molecule has 7 heteroatoms. The van der Waals surface area contributed by atoms with Crippen LogP contribution in [0.5, 0.6) is 5.75 Å². The molecule has 3 aromatic carbocycles. The third kappa shape index (κ3) is 4.29. The maximum atomic E-state index is 12.0. The van der Waals surface area contributed by atoms with Gasteiger partial charge in [0.25, 0.3) is 0 Å². The van der Waals surface area contributed by atoms with Gasteiger partial charge in [-0.3, -0.25) is 9.59 Å². The van der Waals surface area contributed by atoms with Gasteiger partial charge in [-0.05, 0) is 41.5 Å². The number of amides is 2. The lowest BCUT2D eigenvalue weighted by Crippen LogP contribution is -2.32. The summed E-state index contributed by atoms with van der Waals surface area (Å²) in [6.45, 7) is 1.84. The van der Waals surface area contributed by atoms with E-state index in [1.165, 1.54) is 6.21 Å². The quantitative estimate of drug-likeness (QED) is 0.399. The second-order valence-corrected chi connectivity index (χ2v) is 6.43. The van der Waals surface area contributed by atoms with Crippen molar-refractivity contribution in [1.82, 2.24) is 5.43 Å². The van der Waals surface area contributed by atoms with Crippen molar-refractivity contribution in [3.05, 3.63) is 70.7 Å². The Kier molecular flexibility index (Phi) is 5.91. The van der Waals surface area contributed by atoms with Crippen LogP contribution >= 0.6 is 11.6 Å². The SMILES string of the molecule is COc1ccc2ccccc2c1/C=N\NC(=O)C(=O)Nc1ccc(C)c(Cl)c1. The molecule has 0 saturated carbocycles. The summed E-state index contributed by atoms with van der Waals surface area (Å²) in [5.41, 5.74) is 4.22. The molecule has 0 unspecified atom stereocenters. The molecular weight excluding hydrogens is 378 g/mol. The van der Waals surface area contributed by atoms with E-state index in [0.717, 1.165) is 16.3 Å². The van der Waals surface area contributed by atoms with Gasteiger partial charge in [-0.1, -0.05) is 48.0 Å². The standard InChI is InChI=1S/C21H18ClN3O3/c1-13-7-9-15(11-18(13)22)24-20(26)21(27)25-23-12-17-16-6-4-3-5-14(16)8-10-19(17)28-2/h3-12H,1-2H3,(H,24,26)(H,25,27)/b23-12-. The van der Waals surface area contributed by atoms with E-state index in [-0.39, 0.29) is 0 Å². The fourth-order valence-electron chi connectivity index (χ4n) is 2.65. The van der Waals surface area contributed by atoms with Gasteiger partial charge in [0.1, 0.15) is 5.75 Å². The lowest BCUT2D eigenvalue weighted by Gasteiger charge is -2.08. The number of fused-ring (bicyclic) bond motifs is 1. The van der Waals surface area contributed by atoms with Crippen molar-refractivity contribution >= 4 is 46.1 Å². The number of carbonyl (C=O) groups is 2. The van der Waals surface area contributed by atoms with Crippen molar-refractivity contribution < 1.29 is 14.3 Å². The van der Waals surface area contributed by atoms with Crippen LogP contribution in [-0.2, 0) is 9.59 Å². The van der Waals surface area contributed by atoms with E-state index in [2.05, 4.69) is 15.8 Å². The number of methoxy groups -OCH3 is 1. The molecule has 0 atom stereocenters. The van der Waals surface area contributed by atoms with E-state index in [1.807, 2.05) is 43.3 Å². The smallest absolute Gasteiger partial charge is 0.329 e. The molecule has 0 aliphatic carbocycles.